The quantitative estimate of drug-likeness (QED) is 0.779. The molecule has 0 amide bonds. The molecular weight excluding hydrogens is 337 g/mol. The van der Waals surface area contributed by atoms with E-state index < -0.39 is 23.8 Å². The summed E-state index contributed by atoms with van der Waals surface area (Å²) in [5.41, 5.74) is -0.310. The Labute approximate surface area is 134 Å². The van der Waals surface area contributed by atoms with E-state index in [9.17, 15) is 18.0 Å². The number of hydrogen-bond acceptors (Lipinski definition) is 5. The molecule has 5 nitrogen and oxygen atoms in total. The van der Waals surface area contributed by atoms with E-state index in [1.54, 1.807) is 6.92 Å². The van der Waals surface area contributed by atoms with Gasteiger partial charge in [0.05, 0.1) is 6.61 Å². The molecule has 0 saturated carbocycles. The van der Waals surface area contributed by atoms with Crippen molar-refractivity contribution in [3.8, 4) is 11.6 Å². The molecule has 0 bridgehead atoms. The van der Waals surface area contributed by atoms with Crippen molar-refractivity contribution in [2.24, 2.45) is 0 Å². The molecule has 2 aromatic rings. The minimum Gasteiger partial charge on any atom is -0.462 e. The number of ether oxygens (including phenoxy) is 2. The van der Waals surface area contributed by atoms with Gasteiger partial charge in [0.2, 0.25) is 11.7 Å². The van der Waals surface area contributed by atoms with Gasteiger partial charge in [-0.05, 0) is 31.2 Å². The van der Waals surface area contributed by atoms with E-state index in [2.05, 4.69) is 9.97 Å². The summed E-state index contributed by atoms with van der Waals surface area (Å²) in [6, 6.07) is 5.80. The summed E-state index contributed by atoms with van der Waals surface area (Å²) in [7, 11) is 0. The molecule has 1 aromatic heterocycles. The smallest absolute Gasteiger partial charge is 0.451 e. The zero-order valence-electron chi connectivity index (χ0n) is 11.7. The minimum absolute atomic E-state index is 0.0419. The highest BCUT2D eigenvalue weighted by Crippen LogP contribution is 2.30. The Morgan fingerprint density at radius 3 is 2.48 bits per heavy atom. The van der Waals surface area contributed by atoms with Crippen LogP contribution in [-0.4, -0.2) is 22.5 Å². The Morgan fingerprint density at radius 1 is 1.26 bits per heavy atom. The second-order valence-electron chi connectivity index (χ2n) is 4.19. The average Bonchev–Trinajstić information content (AvgIpc) is 2.49. The van der Waals surface area contributed by atoms with E-state index in [0.29, 0.717) is 5.02 Å². The van der Waals surface area contributed by atoms with Crippen LogP contribution in [0.5, 0.6) is 11.6 Å². The number of halogens is 4. The van der Waals surface area contributed by atoms with Crippen molar-refractivity contribution in [1.29, 1.82) is 0 Å². The fourth-order valence-electron chi connectivity index (χ4n) is 1.54. The van der Waals surface area contributed by atoms with Gasteiger partial charge in [0, 0.05) is 11.2 Å². The van der Waals surface area contributed by atoms with Crippen molar-refractivity contribution in [2.45, 2.75) is 13.1 Å². The second-order valence-corrected chi connectivity index (χ2v) is 4.62. The first kappa shape index (κ1) is 17.0. The van der Waals surface area contributed by atoms with Gasteiger partial charge in [-0.2, -0.15) is 18.2 Å². The molecule has 1 heterocycles. The predicted octanol–water partition coefficient (Wildman–Crippen LogP) is 4.12. The van der Waals surface area contributed by atoms with Gasteiger partial charge in [0.25, 0.3) is 0 Å². The summed E-state index contributed by atoms with van der Waals surface area (Å²) < 4.78 is 48.2. The van der Waals surface area contributed by atoms with Crippen molar-refractivity contribution in [2.75, 3.05) is 6.61 Å². The molecule has 0 saturated heterocycles. The van der Waals surface area contributed by atoms with Crippen LogP contribution in [0.4, 0.5) is 13.2 Å². The third kappa shape index (κ3) is 4.32. The molecule has 0 aliphatic heterocycles. The fourth-order valence-corrected chi connectivity index (χ4v) is 1.67. The van der Waals surface area contributed by atoms with E-state index in [1.165, 1.54) is 24.3 Å². The second kappa shape index (κ2) is 6.82. The molecule has 1 aromatic carbocycles. The molecule has 0 spiro atoms. The van der Waals surface area contributed by atoms with Crippen LogP contribution < -0.4 is 4.74 Å². The first-order valence-electron chi connectivity index (χ1n) is 6.36. The first-order valence-corrected chi connectivity index (χ1v) is 6.74. The van der Waals surface area contributed by atoms with E-state index in [-0.39, 0.29) is 17.9 Å². The Hall–Kier alpha value is -2.35. The number of aromatic nitrogens is 2. The molecule has 0 atom stereocenters. The van der Waals surface area contributed by atoms with E-state index >= 15 is 0 Å². The maximum absolute atomic E-state index is 12.7. The highest BCUT2D eigenvalue weighted by atomic mass is 35.5. The van der Waals surface area contributed by atoms with Gasteiger partial charge in [0.15, 0.2) is 0 Å². The average molecular weight is 347 g/mol. The number of carbonyl (C=O) groups excluding carboxylic acids is 1. The standard InChI is InChI=1S/C14H10ClF3N2O3/c1-2-22-12(21)10-7-19-13(14(16,17)18)20-11(10)23-9-5-3-8(15)4-6-9/h3-7H,2H2,1H3. The Morgan fingerprint density at radius 2 is 1.91 bits per heavy atom. The molecule has 0 aliphatic carbocycles. The normalized spacial score (nSPS) is 11.2. The maximum Gasteiger partial charge on any atom is 0.451 e. The SMILES string of the molecule is CCOC(=O)c1cnc(C(F)(F)F)nc1Oc1ccc(Cl)cc1. The Balaban J connectivity index is 2.43. The van der Waals surface area contributed by atoms with Crippen LogP contribution in [-0.2, 0) is 10.9 Å². The van der Waals surface area contributed by atoms with Crippen LogP contribution in [0.2, 0.25) is 5.02 Å². The lowest BCUT2D eigenvalue weighted by Gasteiger charge is -2.12. The first-order chi connectivity index (χ1) is 10.8. The summed E-state index contributed by atoms with van der Waals surface area (Å²) in [6.45, 7) is 1.60. The van der Waals surface area contributed by atoms with Gasteiger partial charge >= 0.3 is 12.1 Å². The van der Waals surface area contributed by atoms with Crippen LogP contribution in [0.15, 0.2) is 30.5 Å². The lowest BCUT2D eigenvalue weighted by Crippen LogP contribution is -2.15. The number of benzene rings is 1. The monoisotopic (exact) mass is 346 g/mol. The Bertz CT molecular complexity index is 705. The minimum atomic E-state index is -4.77. The highest BCUT2D eigenvalue weighted by Gasteiger charge is 2.36. The lowest BCUT2D eigenvalue weighted by atomic mass is 10.3. The molecule has 2 rings (SSSR count). The zero-order valence-corrected chi connectivity index (χ0v) is 12.5. The van der Waals surface area contributed by atoms with Gasteiger partial charge in [-0.3, -0.25) is 0 Å². The topological polar surface area (TPSA) is 61.3 Å². The molecule has 23 heavy (non-hydrogen) atoms. The van der Waals surface area contributed by atoms with Crippen LogP contribution >= 0.6 is 11.6 Å². The van der Waals surface area contributed by atoms with Crippen LogP contribution in [0.3, 0.4) is 0 Å². The lowest BCUT2D eigenvalue weighted by molar-refractivity contribution is -0.145. The summed E-state index contributed by atoms with van der Waals surface area (Å²) in [6.07, 6.45) is -4.05. The van der Waals surface area contributed by atoms with Crippen molar-refractivity contribution in [1.82, 2.24) is 9.97 Å². The van der Waals surface area contributed by atoms with Crippen LogP contribution in [0, 0.1) is 0 Å². The third-order valence-electron chi connectivity index (χ3n) is 2.53. The van der Waals surface area contributed by atoms with Crippen molar-refractivity contribution < 1.29 is 27.4 Å². The summed E-state index contributed by atoms with van der Waals surface area (Å²) in [5, 5.41) is 0.418. The molecular formula is C14H10ClF3N2O3. The molecule has 9 heteroatoms. The van der Waals surface area contributed by atoms with Crippen LogP contribution in [0.25, 0.3) is 0 Å². The predicted molar refractivity (Wildman–Crippen MR) is 74.5 cm³/mol. The Kier molecular flexibility index (Phi) is 5.05. The largest absolute Gasteiger partial charge is 0.462 e. The van der Waals surface area contributed by atoms with Crippen molar-refractivity contribution in [3.63, 3.8) is 0 Å². The molecule has 0 N–H and O–H groups in total. The number of esters is 1. The number of carbonyl (C=O) groups is 1. The van der Waals surface area contributed by atoms with Gasteiger partial charge in [-0.15, -0.1) is 0 Å². The molecule has 122 valence electrons. The summed E-state index contributed by atoms with van der Waals surface area (Å²) in [4.78, 5) is 18.2. The summed E-state index contributed by atoms with van der Waals surface area (Å²) >= 11 is 5.72. The molecule has 0 radical (unpaired) electrons. The van der Waals surface area contributed by atoms with Crippen molar-refractivity contribution in [3.05, 3.63) is 46.9 Å². The van der Waals surface area contributed by atoms with Gasteiger partial charge in [-0.1, -0.05) is 11.6 Å². The van der Waals surface area contributed by atoms with E-state index in [4.69, 9.17) is 21.1 Å². The zero-order chi connectivity index (χ0) is 17.0. The van der Waals surface area contributed by atoms with Gasteiger partial charge < -0.3 is 9.47 Å². The molecule has 0 fully saturated rings. The molecule has 0 aliphatic rings. The van der Waals surface area contributed by atoms with Gasteiger partial charge in [0.1, 0.15) is 11.3 Å². The van der Waals surface area contributed by atoms with Crippen LogP contribution in [0.1, 0.15) is 23.1 Å². The molecule has 0 unspecified atom stereocenters. The highest BCUT2D eigenvalue weighted by molar-refractivity contribution is 6.30. The van der Waals surface area contributed by atoms with Crippen molar-refractivity contribution >= 4 is 17.6 Å². The maximum atomic E-state index is 12.7. The van der Waals surface area contributed by atoms with E-state index in [0.717, 1.165) is 6.20 Å². The third-order valence-corrected chi connectivity index (χ3v) is 2.78. The van der Waals surface area contributed by atoms with Gasteiger partial charge in [-0.25, -0.2) is 9.78 Å². The number of rotatable bonds is 4. The summed E-state index contributed by atoms with van der Waals surface area (Å²) in [5.74, 6) is -2.69. The number of alkyl halides is 3. The van der Waals surface area contributed by atoms with E-state index in [1.807, 2.05) is 0 Å². The number of hydrogen-bond donors (Lipinski definition) is 0. The fraction of sp³-hybridized carbons (Fsp3) is 0.214. The number of nitrogens with zero attached hydrogens (tertiary/aromatic N) is 2.